The van der Waals surface area contributed by atoms with Crippen LogP contribution in [0.5, 0.6) is 0 Å². The summed E-state index contributed by atoms with van der Waals surface area (Å²) in [6.45, 7) is 3.93. The van der Waals surface area contributed by atoms with Gasteiger partial charge < -0.3 is 5.32 Å². The first-order valence-electron chi connectivity index (χ1n) is 11.0. The van der Waals surface area contributed by atoms with Crippen molar-refractivity contribution >= 4 is 11.6 Å². The van der Waals surface area contributed by atoms with Crippen LogP contribution in [-0.4, -0.2) is 27.6 Å². The fraction of sp³-hybridized carbons (Fsp3) is 0.269. The molecule has 5 nitrogen and oxygen atoms in total. The summed E-state index contributed by atoms with van der Waals surface area (Å²) in [7, 11) is 1.60. The number of alkyl halides is 3. The van der Waals surface area contributed by atoms with Crippen LogP contribution in [0.2, 0.25) is 0 Å². The van der Waals surface area contributed by atoms with E-state index in [1.165, 1.54) is 12.1 Å². The Kier molecular flexibility index (Phi) is 6.17. The van der Waals surface area contributed by atoms with Crippen LogP contribution >= 0.6 is 0 Å². The average molecular weight is 467 g/mol. The second kappa shape index (κ2) is 8.93. The smallest absolute Gasteiger partial charge is 0.358 e. The van der Waals surface area contributed by atoms with Crippen LogP contribution in [-0.2, 0) is 16.4 Å². The normalized spacial score (nSPS) is 14.5. The molecule has 1 N–H and O–H groups in total. The van der Waals surface area contributed by atoms with E-state index in [4.69, 9.17) is 0 Å². The molecular formula is C26H25F3N4O. The van der Waals surface area contributed by atoms with Crippen LogP contribution in [0.4, 0.5) is 13.2 Å². The molecule has 2 atom stereocenters. The maximum atomic E-state index is 13.4. The Balaban J connectivity index is 1.88. The standard InChI is InChI=1S/C26H25F3N4O/c1-4-21(18-8-6-5-7-9-18)25(2,24(34)30-3)22-14-15-31-23-20(16-32-33(22)23)17-10-12-19(13-11-17)26(27,28)29/h5-16,21H,4H2,1-3H3,(H,30,34). The molecule has 8 heteroatoms. The number of rotatable bonds is 6. The van der Waals surface area contributed by atoms with Gasteiger partial charge in [-0.25, -0.2) is 9.50 Å². The van der Waals surface area contributed by atoms with Crippen LogP contribution in [0.1, 0.15) is 43.0 Å². The minimum Gasteiger partial charge on any atom is -0.358 e. The van der Waals surface area contributed by atoms with Gasteiger partial charge in [0.25, 0.3) is 0 Å². The van der Waals surface area contributed by atoms with Crippen molar-refractivity contribution in [3.63, 3.8) is 0 Å². The van der Waals surface area contributed by atoms with Crippen molar-refractivity contribution in [1.29, 1.82) is 0 Å². The van der Waals surface area contributed by atoms with Gasteiger partial charge in [-0.05, 0) is 42.7 Å². The van der Waals surface area contributed by atoms with Gasteiger partial charge in [0.15, 0.2) is 5.65 Å². The van der Waals surface area contributed by atoms with E-state index in [-0.39, 0.29) is 11.8 Å². The summed E-state index contributed by atoms with van der Waals surface area (Å²) in [5, 5.41) is 7.32. The Morgan fingerprint density at radius 1 is 1.06 bits per heavy atom. The molecule has 0 aliphatic rings. The summed E-state index contributed by atoms with van der Waals surface area (Å²) in [4.78, 5) is 17.8. The lowest BCUT2D eigenvalue weighted by Crippen LogP contribution is -2.46. The van der Waals surface area contributed by atoms with E-state index in [0.717, 1.165) is 17.7 Å². The molecule has 2 unspecified atom stereocenters. The summed E-state index contributed by atoms with van der Waals surface area (Å²) in [6, 6.07) is 16.5. The van der Waals surface area contributed by atoms with E-state index in [1.807, 2.05) is 44.2 Å². The van der Waals surface area contributed by atoms with Crippen LogP contribution in [0.25, 0.3) is 16.8 Å². The minimum atomic E-state index is -4.41. The van der Waals surface area contributed by atoms with Gasteiger partial charge in [0.1, 0.15) is 0 Å². The molecule has 0 spiro atoms. The second-order valence-electron chi connectivity index (χ2n) is 8.35. The van der Waals surface area contributed by atoms with Gasteiger partial charge in [-0.15, -0.1) is 0 Å². The summed E-state index contributed by atoms with van der Waals surface area (Å²) < 4.78 is 40.6. The van der Waals surface area contributed by atoms with Crippen molar-refractivity contribution in [2.45, 2.75) is 37.8 Å². The zero-order valence-corrected chi connectivity index (χ0v) is 19.1. The maximum absolute atomic E-state index is 13.4. The molecule has 176 valence electrons. The number of hydrogen-bond donors (Lipinski definition) is 1. The number of amides is 1. The van der Waals surface area contributed by atoms with Crippen molar-refractivity contribution in [3.05, 3.63) is 89.9 Å². The summed E-state index contributed by atoms with van der Waals surface area (Å²) >= 11 is 0. The Morgan fingerprint density at radius 3 is 2.32 bits per heavy atom. The zero-order valence-electron chi connectivity index (χ0n) is 19.1. The number of benzene rings is 2. The molecule has 4 aromatic rings. The molecule has 0 fully saturated rings. The number of halogens is 3. The van der Waals surface area contributed by atoms with Crippen LogP contribution in [0, 0.1) is 0 Å². The summed E-state index contributed by atoms with van der Waals surface area (Å²) in [5.74, 6) is -0.319. The third-order valence-corrected chi connectivity index (χ3v) is 6.46. The molecule has 0 aliphatic heterocycles. The van der Waals surface area contributed by atoms with Gasteiger partial charge in [0.2, 0.25) is 5.91 Å². The minimum absolute atomic E-state index is 0.155. The lowest BCUT2D eigenvalue weighted by atomic mass is 9.69. The Hall–Kier alpha value is -3.68. The number of nitrogens with one attached hydrogen (secondary N) is 1. The third kappa shape index (κ3) is 3.93. The van der Waals surface area contributed by atoms with Gasteiger partial charge in [-0.2, -0.15) is 18.3 Å². The average Bonchev–Trinajstić information content (AvgIpc) is 3.28. The molecule has 1 amide bonds. The highest BCUT2D eigenvalue weighted by Crippen LogP contribution is 2.42. The van der Waals surface area contributed by atoms with Gasteiger partial charge in [0.05, 0.1) is 22.9 Å². The molecule has 4 rings (SSSR count). The molecule has 34 heavy (non-hydrogen) atoms. The number of likely N-dealkylation sites (N-methyl/N-ethyl adjacent to an activating group) is 1. The largest absolute Gasteiger partial charge is 0.416 e. The predicted molar refractivity (Wildman–Crippen MR) is 124 cm³/mol. The molecule has 0 aliphatic carbocycles. The van der Waals surface area contributed by atoms with Crippen LogP contribution < -0.4 is 5.32 Å². The quantitative estimate of drug-likeness (QED) is 0.402. The molecule has 2 aromatic carbocycles. The Bertz CT molecular complexity index is 1300. The van der Waals surface area contributed by atoms with Gasteiger partial charge in [-0.3, -0.25) is 4.79 Å². The highest BCUT2D eigenvalue weighted by Gasteiger charge is 2.44. The summed E-state index contributed by atoms with van der Waals surface area (Å²) in [6.07, 6.45) is -0.529. The fourth-order valence-corrected chi connectivity index (χ4v) is 4.70. The van der Waals surface area contributed by atoms with E-state index < -0.39 is 17.2 Å². The topological polar surface area (TPSA) is 59.3 Å². The number of fused-ring (bicyclic) bond motifs is 1. The molecule has 0 radical (unpaired) electrons. The molecule has 2 heterocycles. The number of hydrogen-bond acceptors (Lipinski definition) is 3. The Labute approximate surface area is 195 Å². The molecule has 2 aromatic heterocycles. The highest BCUT2D eigenvalue weighted by atomic mass is 19.4. The zero-order chi connectivity index (χ0) is 24.5. The number of aromatic nitrogens is 3. The number of carbonyl (C=O) groups excluding carboxylic acids is 1. The predicted octanol–water partition coefficient (Wildman–Crippen LogP) is 5.61. The number of carbonyl (C=O) groups is 1. The van der Waals surface area contributed by atoms with E-state index in [1.54, 1.807) is 30.0 Å². The van der Waals surface area contributed by atoms with Gasteiger partial charge in [-0.1, -0.05) is 49.4 Å². The lowest BCUT2D eigenvalue weighted by Gasteiger charge is -2.36. The molecule has 0 bridgehead atoms. The van der Waals surface area contributed by atoms with E-state index >= 15 is 0 Å². The fourth-order valence-electron chi connectivity index (χ4n) is 4.70. The third-order valence-electron chi connectivity index (χ3n) is 6.46. The highest BCUT2D eigenvalue weighted by molar-refractivity contribution is 5.89. The number of nitrogens with zero attached hydrogens (tertiary/aromatic N) is 3. The van der Waals surface area contributed by atoms with E-state index in [0.29, 0.717) is 28.9 Å². The molecular weight excluding hydrogens is 441 g/mol. The van der Waals surface area contributed by atoms with Crippen molar-refractivity contribution in [3.8, 4) is 11.1 Å². The molecule has 0 saturated carbocycles. The van der Waals surface area contributed by atoms with E-state index in [9.17, 15) is 18.0 Å². The van der Waals surface area contributed by atoms with Crippen molar-refractivity contribution in [1.82, 2.24) is 19.9 Å². The van der Waals surface area contributed by atoms with Crippen molar-refractivity contribution < 1.29 is 18.0 Å². The maximum Gasteiger partial charge on any atom is 0.416 e. The first kappa shape index (κ1) is 23.5. The van der Waals surface area contributed by atoms with Crippen molar-refractivity contribution in [2.24, 2.45) is 0 Å². The second-order valence-corrected chi connectivity index (χ2v) is 8.35. The van der Waals surface area contributed by atoms with Crippen LogP contribution in [0.3, 0.4) is 0 Å². The monoisotopic (exact) mass is 466 g/mol. The van der Waals surface area contributed by atoms with Crippen molar-refractivity contribution in [2.75, 3.05) is 7.05 Å². The molecule has 0 saturated heterocycles. The lowest BCUT2D eigenvalue weighted by molar-refractivity contribution is -0.137. The first-order chi connectivity index (χ1) is 16.2. The first-order valence-corrected chi connectivity index (χ1v) is 11.0. The Morgan fingerprint density at radius 2 is 1.74 bits per heavy atom. The van der Waals surface area contributed by atoms with Gasteiger partial charge in [0, 0.05) is 24.7 Å². The summed E-state index contributed by atoms with van der Waals surface area (Å²) in [5.41, 5.74) is 1.57. The van der Waals surface area contributed by atoms with E-state index in [2.05, 4.69) is 15.4 Å². The van der Waals surface area contributed by atoms with Gasteiger partial charge >= 0.3 is 6.18 Å². The SMILES string of the molecule is CCC(c1ccccc1)C(C)(C(=O)NC)c1ccnc2c(-c3ccc(C(F)(F)F)cc3)cnn12. The van der Waals surface area contributed by atoms with Crippen LogP contribution in [0.15, 0.2) is 73.1 Å².